The van der Waals surface area contributed by atoms with E-state index in [4.69, 9.17) is 12.2 Å². The highest BCUT2D eigenvalue weighted by Crippen LogP contribution is 1.95. The van der Waals surface area contributed by atoms with Gasteiger partial charge in [-0.25, -0.2) is 4.98 Å². The molecule has 1 heterocycles. The van der Waals surface area contributed by atoms with E-state index in [0.717, 1.165) is 18.8 Å². The summed E-state index contributed by atoms with van der Waals surface area (Å²) in [6.45, 7) is 2.98. The minimum absolute atomic E-state index is 0.408. The Bertz CT molecular complexity index is 269. The molecule has 0 aliphatic heterocycles. The van der Waals surface area contributed by atoms with Gasteiger partial charge in [0.25, 0.3) is 0 Å². The number of anilines is 1. The predicted octanol–water partition coefficient (Wildman–Crippen LogP) is 1.36. The van der Waals surface area contributed by atoms with E-state index in [1.807, 2.05) is 0 Å². The Labute approximate surface area is 70.1 Å². The summed E-state index contributed by atoms with van der Waals surface area (Å²) >= 11 is 4.78. The van der Waals surface area contributed by atoms with Gasteiger partial charge in [-0.05, 0) is 18.6 Å². The van der Waals surface area contributed by atoms with E-state index in [1.54, 1.807) is 6.20 Å². The van der Waals surface area contributed by atoms with Crippen molar-refractivity contribution < 1.29 is 0 Å². The third-order valence-electron chi connectivity index (χ3n) is 1.13. The van der Waals surface area contributed by atoms with Crippen molar-refractivity contribution in [1.82, 2.24) is 15.2 Å². The summed E-state index contributed by atoms with van der Waals surface area (Å²) in [6.07, 6.45) is 2.68. The second-order valence-electron chi connectivity index (χ2n) is 2.10. The maximum Gasteiger partial charge on any atom is 0.215 e. The molecule has 0 saturated heterocycles. The van der Waals surface area contributed by atoms with Crippen LogP contribution >= 0.6 is 12.2 Å². The zero-order chi connectivity index (χ0) is 8.10. The van der Waals surface area contributed by atoms with Crippen molar-refractivity contribution in [2.75, 3.05) is 11.9 Å². The first-order valence-electron chi connectivity index (χ1n) is 3.48. The van der Waals surface area contributed by atoms with Crippen LogP contribution in [0.5, 0.6) is 0 Å². The van der Waals surface area contributed by atoms with Gasteiger partial charge >= 0.3 is 0 Å². The number of hydrogen-bond acceptors (Lipinski definition) is 4. The van der Waals surface area contributed by atoms with Crippen molar-refractivity contribution in [2.45, 2.75) is 13.3 Å². The summed E-state index contributed by atoms with van der Waals surface area (Å²) in [5.74, 6) is 0.732. The molecule has 0 saturated carbocycles. The maximum absolute atomic E-state index is 4.78. The summed E-state index contributed by atoms with van der Waals surface area (Å²) in [6, 6.07) is 0. The van der Waals surface area contributed by atoms with Crippen LogP contribution in [0.2, 0.25) is 0 Å². The normalized spacial score (nSPS) is 9.55. The van der Waals surface area contributed by atoms with Gasteiger partial charge < -0.3 is 5.32 Å². The Hall–Kier alpha value is -0.970. The van der Waals surface area contributed by atoms with Crippen molar-refractivity contribution in [1.29, 1.82) is 0 Å². The third kappa shape index (κ3) is 2.63. The molecule has 0 atom stereocenters. The zero-order valence-corrected chi connectivity index (χ0v) is 7.11. The molecule has 11 heavy (non-hydrogen) atoms. The lowest BCUT2D eigenvalue weighted by molar-refractivity contribution is 0.918. The number of nitrogens with one attached hydrogen (secondary N) is 2. The summed E-state index contributed by atoms with van der Waals surface area (Å²) in [5.41, 5.74) is 0. The van der Waals surface area contributed by atoms with Gasteiger partial charge in [-0.15, -0.1) is 0 Å². The van der Waals surface area contributed by atoms with Gasteiger partial charge in [0, 0.05) is 6.54 Å². The van der Waals surface area contributed by atoms with Gasteiger partial charge in [-0.2, -0.15) is 5.10 Å². The monoisotopic (exact) mass is 170 g/mol. The van der Waals surface area contributed by atoms with E-state index in [9.17, 15) is 0 Å². The molecule has 1 aromatic rings. The summed E-state index contributed by atoms with van der Waals surface area (Å²) < 4.78 is 0.408. The molecule has 0 fully saturated rings. The van der Waals surface area contributed by atoms with Crippen molar-refractivity contribution >= 4 is 18.0 Å². The van der Waals surface area contributed by atoms with Crippen LogP contribution in [0.1, 0.15) is 13.3 Å². The molecule has 5 heteroatoms. The first-order chi connectivity index (χ1) is 5.33. The number of rotatable bonds is 3. The second kappa shape index (κ2) is 4.02. The van der Waals surface area contributed by atoms with E-state index >= 15 is 0 Å². The van der Waals surface area contributed by atoms with Gasteiger partial charge in [0.15, 0.2) is 0 Å². The molecule has 1 rings (SSSR count). The highest BCUT2D eigenvalue weighted by Gasteiger charge is 1.89. The van der Waals surface area contributed by atoms with Crippen LogP contribution in [0.15, 0.2) is 6.20 Å². The second-order valence-corrected chi connectivity index (χ2v) is 2.49. The van der Waals surface area contributed by atoms with Gasteiger partial charge in [0.2, 0.25) is 4.77 Å². The average molecular weight is 170 g/mol. The van der Waals surface area contributed by atoms with E-state index in [-0.39, 0.29) is 0 Å². The van der Waals surface area contributed by atoms with Crippen LogP contribution in [0.3, 0.4) is 0 Å². The summed E-state index contributed by atoms with van der Waals surface area (Å²) in [7, 11) is 0. The maximum atomic E-state index is 4.78. The molecule has 1 aromatic heterocycles. The SMILES string of the molecule is CCCNc1cn[nH]c(=S)n1. The molecule has 0 aliphatic carbocycles. The van der Waals surface area contributed by atoms with Crippen LogP contribution in [-0.2, 0) is 0 Å². The highest BCUT2D eigenvalue weighted by molar-refractivity contribution is 7.71. The minimum atomic E-state index is 0.408. The van der Waals surface area contributed by atoms with Crippen molar-refractivity contribution in [3.8, 4) is 0 Å². The standard InChI is InChI=1S/C6H10N4S/c1-2-3-7-5-4-8-10-6(11)9-5/h4H,2-3H2,1H3,(H2,7,9,10,11). The van der Waals surface area contributed by atoms with Crippen LogP contribution in [0.4, 0.5) is 5.82 Å². The van der Waals surface area contributed by atoms with Gasteiger partial charge in [0.05, 0.1) is 6.20 Å². The Balaban J connectivity index is 2.64. The van der Waals surface area contributed by atoms with Gasteiger partial charge in [0.1, 0.15) is 5.82 Å². The molecular weight excluding hydrogens is 160 g/mol. The molecule has 0 aliphatic rings. The Morgan fingerprint density at radius 3 is 3.18 bits per heavy atom. The number of nitrogens with zero attached hydrogens (tertiary/aromatic N) is 2. The molecule has 0 unspecified atom stereocenters. The quantitative estimate of drug-likeness (QED) is 0.672. The van der Waals surface area contributed by atoms with Crippen LogP contribution in [-0.4, -0.2) is 21.7 Å². The number of H-pyrrole nitrogens is 1. The summed E-state index contributed by atoms with van der Waals surface area (Å²) in [4.78, 5) is 4.00. The van der Waals surface area contributed by atoms with Gasteiger partial charge in [-0.3, -0.25) is 5.10 Å². The summed E-state index contributed by atoms with van der Waals surface area (Å²) in [5, 5.41) is 9.42. The third-order valence-corrected chi connectivity index (χ3v) is 1.31. The first-order valence-corrected chi connectivity index (χ1v) is 3.89. The molecule has 0 spiro atoms. The molecule has 2 N–H and O–H groups in total. The highest BCUT2D eigenvalue weighted by atomic mass is 32.1. The molecule has 0 amide bonds. The van der Waals surface area contributed by atoms with Crippen molar-refractivity contribution in [2.24, 2.45) is 0 Å². The lowest BCUT2D eigenvalue weighted by Gasteiger charge is -2.00. The molecular formula is C6H10N4S. The van der Waals surface area contributed by atoms with Crippen LogP contribution < -0.4 is 5.32 Å². The smallest absolute Gasteiger partial charge is 0.215 e. The molecule has 60 valence electrons. The van der Waals surface area contributed by atoms with Crippen LogP contribution in [0.25, 0.3) is 0 Å². The topological polar surface area (TPSA) is 53.6 Å². The average Bonchev–Trinajstić information content (AvgIpc) is 2.01. The largest absolute Gasteiger partial charge is 0.369 e. The van der Waals surface area contributed by atoms with Crippen molar-refractivity contribution in [3.63, 3.8) is 0 Å². The number of aromatic nitrogens is 3. The van der Waals surface area contributed by atoms with Crippen LogP contribution in [0, 0.1) is 4.77 Å². The van der Waals surface area contributed by atoms with E-state index in [2.05, 4.69) is 27.4 Å². The lowest BCUT2D eigenvalue weighted by Crippen LogP contribution is -2.02. The first kappa shape index (κ1) is 8.13. The fourth-order valence-corrected chi connectivity index (χ4v) is 0.801. The Kier molecular flexibility index (Phi) is 2.97. The fourth-order valence-electron chi connectivity index (χ4n) is 0.650. The predicted molar refractivity (Wildman–Crippen MR) is 46.0 cm³/mol. The van der Waals surface area contributed by atoms with Crippen molar-refractivity contribution in [3.05, 3.63) is 11.0 Å². The van der Waals surface area contributed by atoms with E-state index in [0.29, 0.717) is 4.77 Å². The lowest BCUT2D eigenvalue weighted by atomic mass is 10.5. The number of aromatic amines is 1. The fraction of sp³-hybridized carbons (Fsp3) is 0.500. The minimum Gasteiger partial charge on any atom is -0.369 e. The zero-order valence-electron chi connectivity index (χ0n) is 6.29. The molecule has 4 nitrogen and oxygen atoms in total. The van der Waals surface area contributed by atoms with E-state index < -0.39 is 0 Å². The van der Waals surface area contributed by atoms with Gasteiger partial charge in [-0.1, -0.05) is 6.92 Å². The Morgan fingerprint density at radius 2 is 2.55 bits per heavy atom. The Morgan fingerprint density at radius 1 is 1.73 bits per heavy atom. The molecule has 0 bridgehead atoms. The molecule has 0 radical (unpaired) electrons. The van der Waals surface area contributed by atoms with E-state index in [1.165, 1.54) is 0 Å². The molecule has 0 aromatic carbocycles. The number of hydrogen-bond donors (Lipinski definition) is 2.